The molecule has 67 valence electrons. The summed E-state index contributed by atoms with van der Waals surface area (Å²) in [5.41, 5.74) is 0. The summed E-state index contributed by atoms with van der Waals surface area (Å²) in [7, 11) is 0. The molecule has 11 heavy (non-hydrogen) atoms. The minimum absolute atomic E-state index is 0. The van der Waals surface area contributed by atoms with Crippen LogP contribution in [0.5, 0.6) is 0 Å². The van der Waals surface area contributed by atoms with Gasteiger partial charge < -0.3 is 35.9 Å². The first-order valence-electron chi connectivity index (χ1n) is 2.77. The summed E-state index contributed by atoms with van der Waals surface area (Å²) in [6.45, 7) is 1.54. The average Bonchev–Trinajstić information content (AvgIpc) is 1.79. The Labute approximate surface area is 100 Å². The van der Waals surface area contributed by atoms with Crippen LogP contribution in [-0.4, -0.2) is 22.5 Å². The van der Waals surface area contributed by atoms with Crippen molar-refractivity contribution in [1.82, 2.24) is 10.6 Å². The maximum Gasteiger partial charge on any atom is 2.00 e. The van der Waals surface area contributed by atoms with Crippen molar-refractivity contribution in [1.29, 1.82) is 0 Å². The standard InChI is InChI=1S/C4H12N2S4.Mn/c7-3(8)5-1-2-6-4(9)10;/h3-10H,1-2H2;/q;+2/p-2. The van der Waals surface area contributed by atoms with Crippen molar-refractivity contribution in [3.05, 3.63) is 0 Å². The summed E-state index contributed by atoms with van der Waals surface area (Å²) in [4.78, 5) is 0. The van der Waals surface area contributed by atoms with Gasteiger partial charge in [-0.15, -0.1) is 0 Å². The third kappa shape index (κ3) is 14.7. The van der Waals surface area contributed by atoms with Gasteiger partial charge in [-0.1, -0.05) is 9.41 Å². The third-order valence-corrected chi connectivity index (χ3v) is 1.46. The summed E-state index contributed by atoms with van der Waals surface area (Å²) >= 11 is 17.4. The van der Waals surface area contributed by atoms with Crippen LogP contribution in [0.1, 0.15) is 0 Å². The summed E-state index contributed by atoms with van der Waals surface area (Å²) < 4.78 is -0.351. The molecule has 2 nitrogen and oxygen atoms in total. The van der Waals surface area contributed by atoms with Gasteiger partial charge in [0.25, 0.3) is 0 Å². The van der Waals surface area contributed by atoms with Gasteiger partial charge in [0.15, 0.2) is 0 Å². The van der Waals surface area contributed by atoms with Gasteiger partial charge in [-0.3, -0.25) is 0 Å². The van der Waals surface area contributed by atoms with E-state index >= 15 is 0 Å². The van der Waals surface area contributed by atoms with Gasteiger partial charge in [0.05, 0.1) is 0 Å². The van der Waals surface area contributed by atoms with Crippen LogP contribution in [0.4, 0.5) is 0 Å². The van der Waals surface area contributed by atoms with E-state index in [-0.39, 0.29) is 26.5 Å². The Hall–Kier alpha value is 1.84. The number of hydrogen-bond donors (Lipinski definition) is 4. The van der Waals surface area contributed by atoms with Crippen molar-refractivity contribution < 1.29 is 17.1 Å². The molecule has 0 bridgehead atoms. The van der Waals surface area contributed by atoms with Crippen LogP contribution in [-0.2, 0) is 42.3 Å². The van der Waals surface area contributed by atoms with Crippen molar-refractivity contribution in [3.8, 4) is 0 Å². The number of nitrogens with one attached hydrogen (secondary N) is 2. The van der Waals surface area contributed by atoms with Crippen molar-refractivity contribution in [3.63, 3.8) is 0 Å². The molecule has 0 aliphatic carbocycles. The van der Waals surface area contributed by atoms with E-state index in [1.807, 2.05) is 0 Å². The third-order valence-electron chi connectivity index (χ3n) is 0.763. The quantitative estimate of drug-likeness (QED) is 0.181. The minimum Gasteiger partial charge on any atom is -0.764 e. The Morgan fingerprint density at radius 3 is 1.45 bits per heavy atom. The maximum absolute atomic E-state index is 4.74. The van der Waals surface area contributed by atoms with E-state index in [2.05, 4.69) is 35.9 Å². The number of thiol groups is 2. The predicted octanol–water partition coefficient (Wildman–Crippen LogP) is -0.316. The molecule has 0 heterocycles. The van der Waals surface area contributed by atoms with E-state index in [0.29, 0.717) is 0 Å². The van der Waals surface area contributed by atoms with Crippen LogP contribution in [0.25, 0.3) is 0 Å². The van der Waals surface area contributed by atoms with Gasteiger partial charge in [0, 0.05) is 13.1 Å². The van der Waals surface area contributed by atoms with Crippen molar-refractivity contribution in [2.75, 3.05) is 13.1 Å². The molecule has 7 heteroatoms. The second kappa shape index (κ2) is 9.92. The molecule has 0 saturated carbocycles. The van der Waals surface area contributed by atoms with Crippen molar-refractivity contribution >= 4 is 50.5 Å². The van der Waals surface area contributed by atoms with Crippen molar-refractivity contribution in [2.45, 2.75) is 9.41 Å². The largest absolute Gasteiger partial charge is 2.00 e. The molecular weight excluding hydrogens is 259 g/mol. The molecule has 0 spiro atoms. The van der Waals surface area contributed by atoms with Crippen LogP contribution in [0, 0.1) is 0 Å². The van der Waals surface area contributed by atoms with E-state index in [1.165, 1.54) is 0 Å². The molecule has 2 atom stereocenters. The Kier molecular flexibility index (Phi) is 13.8. The summed E-state index contributed by atoms with van der Waals surface area (Å²) in [6.07, 6.45) is 0. The van der Waals surface area contributed by atoms with Gasteiger partial charge in [-0.05, 0) is 0 Å². The predicted molar refractivity (Wildman–Crippen MR) is 56.3 cm³/mol. The van der Waals surface area contributed by atoms with E-state index in [0.717, 1.165) is 13.1 Å². The van der Waals surface area contributed by atoms with Gasteiger partial charge in [0.1, 0.15) is 0 Å². The number of rotatable bonds is 5. The Bertz CT molecular complexity index is 72.5. The van der Waals surface area contributed by atoms with Crippen LogP contribution in [0.15, 0.2) is 0 Å². The van der Waals surface area contributed by atoms with E-state index in [1.54, 1.807) is 0 Å². The zero-order valence-corrected chi connectivity index (χ0v) is 10.3. The zero-order valence-electron chi connectivity index (χ0n) is 5.66. The molecule has 0 aliphatic heterocycles. The van der Waals surface area contributed by atoms with E-state index in [4.69, 9.17) is 25.3 Å². The molecule has 2 N–H and O–H groups in total. The summed E-state index contributed by atoms with van der Waals surface area (Å²) in [6, 6.07) is 0. The second-order valence-corrected chi connectivity index (χ2v) is 4.29. The molecule has 0 aromatic heterocycles. The Balaban J connectivity index is 0. The molecule has 0 amide bonds. The van der Waals surface area contributed by atoms with Crippen molar-refractivity contribution in [2.24, 2.45) is 0 Å². The SMILES string of the molecule is [Mn+2].[S-]C(S)NCCNC([S-])S. The van der Waals surface area contributed by atoms with Gasteiger partial charge >= 0.3 is 17.1 Å². The second-order valence-electron chi connectivity index (χ2n) is 1.61. The Morgan fingerprint density at radius 1 is 1.00 bits per heavy atom. The van der Waals surface area contributed by atoms with Gasteiger partial charge in [0.2, 0.25) is 0 Å². The van der Waals surface area contributed by atoms with Crippen LogP contribution in [0.3, 0.4) is 0 Å². The smallest absolute Gasteiger partial charge is 0.764 e. The first-order chi connectivity index (χ1) is 4.63. The van der Waals surface area contributed by atoms with Gasteiger partial charge in [-0.25, -0.2) is 0 Å². The van der Waals surface area contributed by atoms with E-state index in [9.17, 15) is 0 Å². The van der Waals surface area contributed by atoms with E-state index < -0.39 is 0 Å². The molecule has 2 unspecified atom stereocenters. The topological polar surface area (TPSA) is 24.1 Å². The molecule has 0 saturated heterocycles. The van der Waals surface area contributed by atoms with Gasteiger partial charge in [-0.2, -0.15) is 25.3 Å². The maximum atomic E-state index is 4.74. The Morgan fingerprint density at radius 2 is 1.27 bits per heavy atom. The van der Waals surface area contributed by atoms with Crippen LogP contribution >= 0.6 is 25.3 Å². The molecule has 1 radical (unpaired) electrons. The fourth-order valence-electron chi connectivity index (χ4n) is 0.391. The molecule has 0 rings (SSSR count). The first-order valence-corrected chi connectivity index (χ1v) is 4.75. The zero-order chi connectivity index (χ0) is 7.98. The number of hydrogen-bond acceptors (Lipinski definition) is 6. The summed E-state index contributed by atoms with van der Waals surface area (Å²) in [5.74, 6) is 0. The molecule has 0 fully saturated rings. The van der Waals surface area contributed by atoms with Crippen LogP contribution in [0.2, 0.25) is 0 Å². The average molecular weight is 269 g/mol. The fourth-order valence-corrected chi connectivity index (χ4v) is 0.885. The molecular formula is C4H10MnN2S4. The molecule has 0 aromatic carbocycles. The first kappa shape index (κ1) is 15.3. The normalized spacial score (nSPS) is 15.3. The monoisotopic (exact) mass is 269 g/mol. The minimum atomic E-state index is -0.176. The van der Waals surface area contributed by atoms with Crippen LogP contribution < -0.4 is 10.6 Å². The fraction of sp³-hybridized carbons (Fsp3) is 1.00. The molecule has 0 aliphatic rings. The summed E-state index contributed by atoms with van der Waals surface area (Å²) in [5, 5.41) is 5.87. The molecule has 0 aromatic rings.